The first-order valence-corrected chi connectivity index (χ1v) is 7.19. The van der Waals surface area contributed by atoms with Gasteiger partial charge in [-0.25, -0.2) is 0 Å². The number of halogens is 1. The van der Waals surface area contributed by atoms with Crippen LogP contribution >= 0.6 is 15.9 Å². The van der Waals surface area contributed by atoms with Crippen LogP contribution in [0.3, 0.4) is 0 Å². The van der Waals surface area contributed by atoms with E-state index in [4.69, 9.17) is 0 Å². The van der Waals surface area contributed by atoms with Crippen LogP contribution < -0.4 is 5.32 Å². The van der Waals surface area contributed by atoms with Gasteiger partial charge in [-0.1, -0.05) is 22.0 Å². The van der Waals surface area contributed by atoms with E-state index in [2.05, 4.69) is 21.2 Å². The lowest BCUT2D eigenvalue weighted by atomic mass is 10.2. The van der Waals surface area contributed by atoms with E-state index in [-0.39, 0.29) is 11.8 Å². The molecule has 0 aliphatic heterocycles. The van der Waals surface area contributed by atoms with Crippen molar-refractivity contribution in [2.45, 2.75) is 20.3 Å². The maximum absolute atomic E-state index is 11.8. The molecule has 0 spiro atoms. The lowest BCUT2D eigenvalue weighted by molar-refractivity contribution is -0.130. The summed E-state index contributed by atoms with van der Waals surface area (Å²) in [5, 5.41) is 2.75. The highest BCUT2D eigenvalue weighted by molar-refractivity contribution is 9.10. The van der Waals surface area contributed by atoms with Gasteiger partial charge in [0.1, 0.15) is 0 Å². The average molecular weight is 327 g/mol. The Bertz CT molecular complexity index is 445. The van der Waals surface area contributed by atoms with Crippen LogP contribution in [0.4, 0.5) is 0 Å². The van der Waals surface area contributed by atoms with Gasteiger partial charge in [0.2, 0.25) is 5.91 Å². The van der Waals surface area contributed by atoms with E-state index in [1.54, 1.807) is 23.1 Å². The molecule has 0 saturated heterocycles. The maximum Gasteiger partial charge on any atom is 0.251 e. The van der Waals surface area contributed by atoms with Crippen molar-refractivity contribution in [2.24, 2.45) is 0 Å². The summed E-state index contributed by atoms with van der Waals surface area (Å²) >= 11 is 3.32. The predicted molar refractivity (Wildman–Crippen MR) is 79.0 cm³/mol. The van der Waals surface area contributed by atoms with Crippen LogP contribution in [-0.4, -0.2) is 36.3 Å². The first-order valence-electron chi connectivity index (χ1n) is 6.40. The molecule has 0 fully saturated rings. The summed E-state index contributed by atoms with van der Waals surface area (Å²) in [5.41, 5.74) is 0.588. The van der Waals surface area contributed by atoms with Gasteiger partial charge in [-0.05, 0) is 32.0 Å². The van der Waals surface area contributed by atoms with Gasteiger partial charge in [-0.2, -0.15) is 0 Å². The molecule has 0 radical (unpaired) electrons. The minimum absolute atomic E-state index is 0.0690. The topological polar surface area (TPSA) is 49.4 Å². The van der Waals surface area contributed by atoms with Crippen LogP contribution in [0, 0.1) is 0 Å². The van der Waals surface area contributed by atoms with Crippen molar-refractivity contribution < 1.29 is 9.59 Å². The molecule has 1 N–H and O–H groups in total. The van der Waals surface area contributed by atoms with E-state index in [1.165, 1.54) is 0 Å². The third kappa shape index (κ3) is 5.03. The highest BCUT2D eigenvalue weighted by Gasteiger charge is 2.10. The quantitative estimate of drug-likeness (QED) is 0.872. The van der Waals surface area contributed by atoms with Gasteiger partial charge >= 0.3 is 0 Å². The predicted octanol–water partition coefficient (Wildman–Crippen LogP) is 2.44. The van der Waals surface area contributed by atoms with Crippen molar-refractivity contribution in [1.82, 2.24) is 10.2 Å². The standard InChI is InChI=1S/C14H19BrN2O2/c1-3-17(4-2)13(18)8-9-16-14(19)11-6-5-7-12(15)10-11/h5-7,10H,3-4,8-9H2,1-2H3,(H,16,19). The van der Waals surface area contributed by atoms with Crippen molar-refractivity contribution >= 4 is 27.7 Å². The molecule has 0 heterocycles. The van der Waals surface area contributed by atoms with E-state index < -0.39 is 0 Å². The minimum atomic E-state index is -0.159. The second-order valence-electron chi connectivity index (χ2n) is 4.08. The maximum atomic E-state index is 11.8. The summed E-state index contributed by atoms with van der Waals surface area (Å²) in [7, 11) is 0. The molecule has 104 valence electrons. The van der Waals surface area contributed by atoms with Crippen LogP contribution in [0.2, 0.25) is 0 Å². The van der Waals surface area contributed by atoms with Gasteiger partial charge < -0.3 is 10.2 Å². The lowest BCUT2D eigenvalue weighted by Crippen LogP contribution is -2.34. The van der Waals surface area contributed by atoms with Gasteiger partial charge in [-0.3, -0.25) is 9.59 Å². The molecule has 0 saturated carbocycles. The van der Waals surface area contributed by atoms with Crippen molar-refractivity contribution in [3.63, 3.8) is 0 Å². The summed E-state index contributed by atoms with van der Waals surface area (Å²) in [4.78, 5) is 25.3. The molecule has 0 bridgehead atoms. The number of amides is 2. The Morgan fingerprint density at radius 2 is 1.95 bits per heavy atom. The molecule has 0 aliphatic carbocycles. The Morgan fingerprint density at radius 3 is 2.53 bits per heavy atom. The number of nitrogens with one attached hydrogen (secondary N) is 1. The molecule has 0 aromatic heterocycles. The number of carbonyl (C=O) groups excluding carboxylic acids is 2. The smallest absolute Gasteiger partial charge is 0.251 e. The molecule has 1 aromatic carbocycles. The minimum Gasteiger partial charge on any atom is -0.352 e. The first-order chi connectivity index (χ1) is 9.08. The van der Waals surface area contributed by atoms with Crippen molar-refractivity contribution in [3.05, 3.63) is 34.3 Å². The van der Waals surface area contributed by atoms with Crippen LogP contribution in [0.1, 0.15) is 30.6 Å². The average Bonchev–Trinajstić information content (AvgIpc) is 2.40. The normalized spacial score (nSPS) is 10.1. The Kier molecular flexibility index (Phi) is 6.56. The van der Waals surface area contributed by atoms with Gasteiger partial charge in [0.25, 0.3) is 5.91 Å². The van der Waals surface area contributed by atoms with E-state index in [0.717, 1.165) is 4.47 Å². The molecule has 2 amide bonds. The summed E-state index contributed by atoms with van der Waals surface area (Å²) in [6.07, 6.45) is 0.335. The number of nitrogens with zero attached hydrogens (tertiary/aromatic N) is 1. The van der Waals surface area contributed by atoms with Crippen molar-refractivity contribution in [2.75, 3.05) is 19.6 Å². The van der Waals surface area contributed by atoms with E-state index in [0.29, 0.717) is 31.6 Å². The first kappa shape index (κ1) is 15.7. The summed E-state index contributed by atoms with van der Waals surface area (Å²) in [6, 6.07) is 7.16. The number of hydrogen-bond acceptors (Lipinski definition) is 2. The summed E-state index contributed by atoms with van der Waals surface area (Å²) in [6.45, 7) is 5.66. The molecule has 0 unspecified atom stereocenters. The molecule has 5 heteroatoms. The second kappa shape index (κ2) is 7.94. The van der Waals surface area contributed by atoms with Crippen LogP contribution in [0.25, 0.3) is 0 Å². The fourth-order valence-corrected chi connectivity index (χ4v) is 2.15. The van der Waals surface area contributed by atoms with Crippen molar-refractivity contribution in [3.8, 4) is 0 Å². The molecule has 0 atom stereocenters. The fourth-order valence-electron chi connectivity index (χ4n) is 1.75. The largest absolute Gasteiger partial charge is 0.352 e. The van der Waals surface area contributed by atoms with Gasteiger partial charge in [0.15, 0.2) is 0 Å². The van der Waals surface area contributed by atoms with Gasteiger partial charge in [0.05, 0.1) is 0 Å². The monoisotopic (exact) mass is 326 g/mol. The van der Waals surface area contributed by atoms with Gasteiger partial charge in [-0.15, -0.1) is 0 Å². The number of carbonyl (C=O) groups is 2. The van der Waals surface area contributed by atoms with Crippen LogP contribution in [-0.2, 0) is 4.79 Å². The molecular weight excluding hydrogens is 308 g/mol. The number of benzene rings is 1. The molecule has 19 heavy (non-hydrogen) atoms. The SMILES string of the molecule is CCN(CC)C(=O)CCNC(=O)c1cccc(Br)c1. The molecule has 1 aromatic rings. The van der Waals surface area contributed by atoms with E-state index >= 15 is 0 Å². The third-order valence-corrected chi connectivity index (χ3v) is 3.32. The van der Waals surface area contributed by atoms with Crippen molar-refractivity contribution in [1.29, 1.82) is 0 Å². The lowest BCUT2D eigenvalue weighted by Gasteiger charge is -2.18. The van der Waals surface area contributed by atoms with Crippen LogP contribution in [0.15, 0.2) is 28.7 Å². The Morgan fingerprint density at radius 1 is 1.26 bits per heavy atom. The molecule has 1 rings (SSSR count). The molecule has 0 aliphatic rings. The van der Waals surface area contributed by atoms with E-state index in [1.807, 2.05) is 19.9 Å². The number of hydrogen-bond donors (Lipinski definition) is 1. The highest BCUT2D eigenvalue weighted by atomic mass is 79.9. The zero-order valence-electron chi connectivity index (χ0n) is 11.3. The highest BCUT2D eigenvalue weighted by Crippen LogP contribution is 2.11. The summed E-state index contributed by atoms with van der Waals surface area (Å²) in [5.74, 6) is -0.0896. The third-order valence-electron chi connectivity index (χ3n) is 2.83. The zero-order chi connectivity index (χ0) is 14.3. The van der Waals surface area contributed by atoms with E-state index in [9.17, 15) is 9.59 Å². The Labute approximate surface area is 122 Å². The van der Waals surface area contributed by atoms with Crippen LogP contribution in [0.5, 0.6) is 0 Å². The fraction of sp³-hybridized carbons (Fsp3) is 0.429. The summed E-state index contributed by atoms with van der Waals surface area (Å²) < 4.78 is 0.861. The zero-order valence-corrected chi connectivity index (χ0v) is 12.9. The second-order valence-corrected chi connectivity index (χ2v) is 5.00. The number of rotatable bonds is 6. The Balaban J connectivity index is 2.41. The van der Waals surface area contributed by atoms with Gasteiger partial charge in [0, 0.05) is 36.1 Å². The molecule has 4 nitrogen and oxygen atoms in total. The Hall–Kier alpha value is -1.36. The molecular formula is C14H19BrN2O2.